The van der Waals surface area contributed by atoms with Crippen LogP contribution in [0.3, 0.4) is 0 Å². The van der Waals surface area contributed by atoms with E-state index in [2.05, 4.69) is 54.4 Å². The Kier molecular flexibility index (Phi) is 5.30. The SMILES string of the molecule is CCc1nn2c(C)cc(C)nc2c1Cc1ccc(-c2nnc(C3CCCCC3)o2)cc1. The molecule has 0 atom stereocenters. The van der Waals surface area contributed by atoms with Gasteiger partial charge < -0.3 is 4.42 Å². The van der Waals surface area contributed by atoms with Gasteiger partial charge in [0.2, 0.25) is 11.8 Å². The molecule has 0 unspecified atom stereocenters. The third-order valence-electron chi connectivity index (χ3n) is 6.39. The van der Waals surface area contributed by atoms with Crippen molar-refractivity contribution >= 4 is 5.65 Å². The average Bonchev–Trinajstić information content (AvgIpc) is 3.41. The molecule has 0 radical (unpaired) electrons. The van der Waals surface area contributed by atoms with Gasteiger partial charge in [0, 0.05) is 34.9 Å². The van der Waals surface area contributed by atoms with E-state index in [4.69, 9.17) is 14.5 Å². The zero-order valence-corrected chi connectivity index (χ0v) is 18.6. The molecule has 0 bridgehead atoms. The summed E-state index contributed by atoms with van der Waals surface area (Å²) in [5.41, 5.74) is 7.62. The molecular weight excluding hydrogens is 386 g/mol. The van der Waals surface area contributed by atoms with Crippen molar-refractivity contribution in [2.24, 2.45) is 0 Å². The van der Waals surface area contributed by atoms with Gasteiger partial charge in [0.1, 0.15) is 0 Å². The molecule has 0 spiro atoms. The first kappa shape index (κ1) is 19.9. The minimum absolute atomic E-state index is 0.428. The van der Waals surface area contributed by atoms with E-state index in [1.54, 1.807) is 0 Å². The Morgan fingerprint density at radius 1 is 1.03 bits per heavy atom. The molecule has 0 amide bonds. The number of hydrogen-bond acceptors (Lipinski definition) is 5. The summed E-state index contributed by atoms with van der Waals surface area (Å²) in [5, 5.41) is 13.5. The molecule has 1 fully saturated rings. The molecule has 5 rings (SSSR count). The smallest absolute Gasteiger partial charge is 0.247 e. The molecule has 1 aliphatic carbocycles. The highest BCUT2D eigenvalue weighted by molar-refractivity contribution is 5.56. The first-order chi connectivity index (χ1) is 15.1. The molecule has 1 aliphatic rings. The second kappa shape index (κ2) is 8.25. The Balaban J connectivity index is 1.39. The maximum atomic E-state index is 6.03. The third-order valence-corrected chi connectivity index (χ3v) is 6.39. The normalized spacial score (nSPS) is 15.1. The number of fused-ring (bicyclic) bond motifs is 1. The second-order valence-corrected chi connectivity index (χ2v) is 8.71. The van der Waals surface area contributed by atoms with Crippen molar-refractivity contribution in [1.82, 2.24) is 24.8 Å². The van der Waals surface area contributed by atoms with Gasteiger partial charge in [-0.15, -0.1) is 10.2 Å². The van der Waals surface area contributed by atoms with Crippen molar-refractivity contribution in [2.45, 2.75) is 71.6 Å². The topological polar surface area (TPSA) is 69.1 Å². The highest BCUT2D eigenvalue weighted by atomic mass is 16.4. The molecule has 31 heavy (non-hydrogen) atoms. The van der Waals surface area contributed by atoms with Crippen LogP contribution >= 0.6 is 0 Å². The molecule has 4 aromatic rings. The fourth-order valence-electron chi connectivity index (χ4n) is 4.71. The Labute approximate surface area is 182 Å². The summed E-state index contributed by atoms with van der Waals surface area (Å²) in [4.78, 5) is 4.78. The lowest BCUT2D eigenvalue weighted by Gasteiger charge is -2.17. The van der Waals surface area contributed by atoms with Crippen LogP contribution in [-0.4, -0.2) is 24.8 Å². The molecule has 6 heteroatoms. The van der Waals surface area contributed by atoms with Crippen LogP contribution in [0.4, 0.5) is 0 Å². The lowest BCUT2D eigenvalue weighted by atomic mass is 9.89. The van der Waals surface area contributed by atoms with Gasteiger partial charge in [0.25, 0.3) is 0 Å². The summed E-state index contributed by atoms with van der Waals surface area (Å²) in [6.07, 6.45) is 7.85. The molecule has 0 N–H and O–H groups in total. The van der Waals surface area contributed by atoms with Gasteiger partial charge in [-0.1, -0.05) is 38.3 Å². The van der Waals surface area contributed by atoms with Crippen LogP contribution in [0, 0.1) is 13.8 Å². The molecule has 0 saturated heterocycles. The lowest BCUT2D eigenvalue weighted by molar-refractivity contribution is 0.367. The maximum Gasteiger partial charge on any atom is 0.247 e. The predicted molar refractivity (Wildman–Crippen MR) is 120 cm³/mol. The number of aryl methyl sites for hydroxylation is 3. The van der Waals surface area contributed by atoms with E-state index in [9.17, 15) is 0 Å². The summed E-state index contributed by atoms with van der Waals surface area (Å²) in [6.45, 7) is 6.27. The van der Waals surface area contributed by atoms with Crippen LogP contribution in [0.25, 0.3) is 17.1 Å². The fraction of sp³-hybridized carbons (Fsp3) is 0.440. The third kappa shape index (κ3) is 3.87. The lowest BCUT2D eigenvalue weighted by Crippen LogP contribution is -2.04. The number of nitrogens with zero attached hydrogens (tertiary/aromatic N) is 5. The number of benzene rings is 1. The van der Waals surface area contributed by atoms with Crippen LogP contribution in [0.2, 0.25) is 0 Å². The fourth-order valence-corrected chi connectivity index (χ4v) is 4.71. The molecule has 6 nitrogen and oxygen atoms in total. The summed E-state index contributed by atoms with van der Waals surface area (Å²) >= 11 is 0. The monoisotopic (exact) mass is 415 g/mol. The second-order valence-electron chi connectivity index (χ2n) is 8.71. The van der Waals surface area contributed by atoms with Crippen LogP contribution in [0.5, 0.6) is 0 Å². The number of hydrogen-bond donors (Lipinski definition) is 0. The van der Waals surface area contributed by atoms with Gasteiger partial charge in [-0.05, 0) is 56.9 Å². The zero-order valence-electron chi connectivity index (χ0n) is 18.6. The molecular formula is C25H29N5O. The standard InChI is InChI=1S/C25H29N5O/c1-4-22-21(23-26-16(2)14-17(3)30(23)29-22)15-18-10-12-20(13-11-18)25-28-27-24(31-25)19-8-6-5-7-9-19/h10-14,19H,4-9,15H2,1-3H3. The Hall–Kier alpha value is -3.02. The predicted octanol–water partition coefficient (Wildman–Crippen LogP) is 5.60. The molecule has 1 saturated carbocycles. The van der Waals surface area contributed by atoms with E-state index in [0.29, 0.717) is 11.8 Å². The van der Waals surface area contributed by atoms with Gasteiger partial charge in [0.05, 0.1) is 5.69 Å². The Morgan fingerprint density at radius 2 is 1.81 bits per heavy atom. The Morgan fingerprint density at radius 3 is 2.55 bits per heavy atom. The molecule has 3 heterocycles. The van der Waals surface area contributed by atoms with Crippen molar-refractivity contribution in [2.75, 3.05) is 0 Å². The van der Waals surface area contributed by atoms with Gasteiger partial charge in [-0.3, -0.25) is 0 Å². The van der Waals surface area contributed by atoms with E-state index in [-0.39, 0.29) is 0 Å². The van der Waals surface area contributed by atoms with Crippen LogP contribution in [0.15, 0.2) is 34.7 Å². The number of rotatable bonds is 5. The van der Waals surface area contributed by atoms with E-state index >= 15 is 0 Å². The summed E-state index contributed by atoms with van der Waals surface area (Å²) < 4.78 is 8.00. The van der Waals surface area contributed by atoms with Crippen LogP contribution < -0.4 is 0 Å². The van der Waals surface area contributed by atoms with Crippen LogP contribution in [-0.2, 0) is 12.8 Å². The summed E-state index contributed by atoms with van der Waals surface area (Å²) in [6, 6.07) is 10.5. The maximum absolute atomic E-state index is 6.03. The van der Waals surface area contributed by atoms with Gasteiger partial charge in [-0.2, -0.15) is 5.10 Å². The highest BCUT2D eigenvalue weighted by Crippen LogP contribution is 2.33. The largest absolute Gasteiger partial charge is 0.420 e. The van der Waals surface area contributed by atoms with Crippen LogP contribution in [0.1, 0.15) is 79.0 Å². The van der Waals surface area contributed by atoms with E-state index in [1.807, 2.05) is 11.4 Å². The van der Waals surface area contributed by atoms with Crippen molar-refractivity contribution in [3.05, 3.63) is 64.4 Å². The van der Waals surface area contributed by atoms with E-state index in [1.165, 1.54) is 30.4 Å². The highest BCUT2D eigenvalue weighted by Gasteiger charge is 2.22. The van der Waals surface area contributed by atoms with Gasteiger partial charge >= 0.3 is 0 Å². The minimum atomic E-state index is 0.428. The summed E-state index contributed by atoms with van der Waals surface area (Å²) in [7, 11) is 0. The zero-order chi connectivity index (χ0) is 21.4. The molecule has 0 aliphatic heterocycles. The molecule has 160 valence electrons. The summed E-state index contributed by atoms with van der Waals surface area (Å²) in [5.74, 6) is 1.84. The molecule has 1 aromatic carbocycles. The number of aromatic nitrogens is 5. The van der Waals surface area contributed by atoms with E-state index < -0.39 is 0 Å². The first-order valence-electron chi connectivity index (χ1n) is 11.4. The molecule has 3 aromatic heterocycles. The van der Waals surface area contributed by atoms with E-state index in [0.717, 1.165) is 59.9 Å². The van der Waals surface area contributed by atoms with Crippen molar-refractivity contribution in [3.63, 3.8) is 0 Å². The van der Waals surface area contributed by atoms with Crippen molar-refractivity contribution in [1.29, 1.82) is 0 Å². The Bertz CT molecular complexity index is 1200. The van der Waals surface area contributed by atoms with Crippen molar-refractivity contribution < 1.29 is 4.42 Å². The van der Waals surface area contributed by atoms with Gasteiger partial charge in [-0.25, -0.2) is 9.50 Å². The quantitative estimate of drug-likeness (QED) is 0.424. The van der Waals surface area contributed by atoms with Crippen molar-refractivity contribution in [3.8, 4) is 11.5 Å². The minimum Gasteiger partial charge on any atom is -0.420 e. The average molecular weight is 416 g/mol. The van der Waals surface area contributed by atoms with Gasteiger partial charge in [0.15, 0.2) is 5.65 Å². The first-order valence-corrected chi connectivity index (χ1v) is 11.4.